The number of nitro benzene ring substituents is 1. The molecule has 0 fully saturated rings. The summed E-state index contributed by atoms with van der Waals surface area (Å²) in [5, 5.41) is 12.3. The Bertz CT molecular complexity index is 1570. The van der Waals surface area contributed by atoms with Crippen molar-refractivity contribution in [3.05, 3.63) is 83.1 Å². The van der Waals surface area contributed by atoms with Gasteiger partial charge in [-0.15, -0.1) is 0 Å². The second-order valence-corrected chi connectivity index (χ2v) is 8.21. The van der Waals surface area contributed by atoms with Gasteiger partial charge in [0, 0.05) is 37.5 Å². The van der Waals surface area contributed by atoms with E-state index in [1.54, 1.807) is 29.8 Å². The lowest BCUT2D eigenvalue weighted by Crippen LogP contribution is -2.36. The number of aromatic nitrogens is 3. The summed E-state index contributed by atoms with van der Waals surface area (Å²) in [5.74, 6) is 0. The van der Waals surface area contributed by atoms with Crippen LogP contribution in [0.2, 0.25) is 10.0 Å². The van der Waals surface area contributed by atoms with E-state index in [1.807, 2.05) is 0 Å². The molecule has 0 saturated heterocycles. The normalized spacial score (nSPS) is 11.3. The summed E-state index contributed by atoms with van der Waals surface area (Å²) in [5.41, 5.74) is 7.02. The van der Waals surface area contributed by atoms with Gasteiger partial charge >= 0.3 is 5.69 Å². The third-order valence-corrected chi connectivity index (χ3v) is 6.07. The molecule has 0 aliphatic heterocycles. The van der Waals surface area contributed by atoms with Crippen LogP contribution in [0, 0.1) is 17.0 Å². The predicted octanol–water partition coefficient (Wildman–Crippen LogP) is 3.80. The molecule has 2 aromatic carbocycles. The number of hydrogen-bond donors (Lipinski definition) is 1. The fourth-order valence-electron chi connectivity index (χ4n) is 3.71. The number of nitrogens with two attached hydrogens (primary N) is 1. The average molecular weight is 474 g/mol. The molecule has 0 radical (unpaired) electrons. The Morgan fingerprint density at radius 3 is 2.38 bits per heavy atom. The number of nitrogens with zero attached hydrogens (tertiary/aromatic N) is 4. The Balaban J connectivity index is 2.23. The number of nitrogen functional groups attached to an aromatic ring is 1. The molecule has 0 aliphatic rings. The van der Waals surface area contributed by atoms with Crippen molar-refractivity contribution >= 4 is 45.5 Å². The van der Waals surface area contributed by atoms with Gasteiger partial charge in [-0.05, 0) is 19.1 Å². The van der Waals surface area contributed by atoms with Crippen LogP contribution < -0.4 is 17.0 Å². The van der Waals surface area contributed by atoms with E-state index in [9.17, 15) is 19.7 Å². The third-order valence-electron chi connectivity index (χ3n) is 5.44. The van der Waals surface area contributed by atoms with Gasteiger partial charge < -0.3 is 10.3 Å². The highest BCUT2D eigenvalue weighted by atomic mass is 35.5. The van der Waals surface area contributed by atoms with E-state index in [0.717, 1.165) is 4.57 Å². The summed E-state index contributed by atoms with van der Waals surface area (Å²) in [6.07, 6.45) is 1.58. The van der Waals surface area contributed by atoms with Crippen LogP contribution in [0.25, 0.3) is 27.8 Å². The van der Waals surface area contributed by atoms with Gasteiger partial charge in [0.15, 0.2) is 0 Å². The van der Waals surface area contributed by atoms with E-state index in [2.05, 4.69) is 0 Å². The molecule has 164 valence electrons. The second-order valence-electron chi connectivity index (χ2n) is 7.40. The van der Waals surface area contributed by atoms with Crippen molar-refractivity contribution in [2.24, 2.45) is 14.1 Å². The number of hydrogen-bond acceptors (Lipinski definition) is 5. The summed E-state index contributed by atoms with van der Waals surface area (Å²) in [4.78, 5) is 36.7. The monoisotopic (exact) mass is 473 g/mol. The first-order valence-electron chi connectivity index (χ1n) is 9.34. The van der Waals surface area contributed by atoms with Crippen molar-refractivity contribution in [1.29, 1.82) is 0 Å². The van der Waals surface area contributed by atoms with Crippen molar-refractivity contribution in [3.8, 4) is 16.9 Å². The molecule has 0 unspecified atom stereocenters. The highest BCUT2D eigenvalue weighted by Gasteiger charge is 2.23. The van der Waals surface area contributed by atoms with Crippen LogP contribution >= 0.6 is 23.2 Å². The van der Waals surface area contributed by atoms with E-state index >= 15 is 0 Å². The molecular formula is C21H17Cl2N5O4. The Hall–Kier alpha value is -3.56. The predicted molar refractivity (Wildman–Crippen MR) is 125 cm³/mol. The molecule has 2 aromatic heterocycles. The maximum Gasteiger partial charge on any atom is 0.330 e. The van der Waals surface area contributed by atoms with Gasteiger partial charge in [0.25, 0.3) is 11.2 Å². The van der Waals surface area contributed by atoms with Crippen molar-refractivity contribution < 1.29 is 4.92 Å². The minimum atomic E-state index is -0.543. The summed E-state index contributed by atoms with van der Waals surface area (Å²) in [6, 6.07) is 7.67. The van der Waals surface area contributed by atoms with Gasteiger partial charge in [-0.2, -0.15) is 0 Å². The van der Waals surface area contributed by atoms with Crippen molar-refractivity contribution in [3.63, 3.8) is 0 Å². The van der Waals surface area contributed by atoms with Crippen molar-refractivity contribution in [2.45, 2.75) is 6.92 Å². The van der Waals surface area contributed by atoms with Gasteiger partial charge in [-0.3, -0.25) is 24.0 Å². The summed E-state index contributed by atoms with van der Waals surface area (Å²) in [6.45, 7) is 1.62. The number of aryl methyl sites for hydroxylation is 2. The first-order chi connectivity index (χ1) is 15.0. The van der Waals surface area contributed by atoms with Crippen LogP contribution in [0.5, 0.6) is 0 Å². The van der Waals surface area contributed by atoms with Gasteiger partial charge in [0.2, 0.25) is 0 Å². The zero-order valence-corrected chi connectivity index (χ0v) is 18.7. The fourth-order valence-corrected chi connectivity index (χ4v) is 4.18. The number of benzene rings is 2. The number of anilines is 1. The number of halogens is 2. The van der Waals surface area contributed by atoms with Crippen LogP contribution in [0.1, 0.15) is 5.56 Å². The Kier molecular flexibility index (Phi) is 5.10. The lowest BCUT2D eigenvalue weighted by Gasteiger charge is -2.13. The molecule has 4 aromatic rings. The van der Waals surface area contributed by atoms with E-state index < -0.39 is 16.2 Å². The van der Waals surface area contributed by atoms with Crippen LogP contribution in [-0.2, 0) is 14.1 Å². The third kappa shape index (κ3) is 3.17. The molecule has 4 rings (SSSR count). The number of fused-ring (bicyclic) bond motifs is 1. The van der Waals surface area contributed by atoms with Crippen molar-refractivity contribution in [1.82, 2.24) is 13.7 Å². The minimum absolute atomic E-state index is 0.105. The quantitative estimate of drug-likeness (QED) is 0.275. The van der Waals surface area contributed by atoms with Crippen LogP contribution in [0.3, 0.4) is 0 Å². The van der Waals surface area contributed by atoms with Gasteiger partial charge in [-0.25, -0.2) is 4.79 Å². The molecule has 32 heavy (non-hydrogen) atoms. The molecule has 0 bridgehead atoms. The molecule has 0 aliphatic carbocycles. The number of nitro groups is 1. The molecular weight excluding hydrogens is 457 g/mol. The summed E-state index contributed by atoms with van der Waals surface area (Å²) >= 11 is 12.5. The zero-order chi connectivity index (χ0) is 23.5. The molecule has 0 atom stereocenters. The maximum absolute atomic E-state index is 13.2. The first-order valence-corrected chi connectivity index (χ1v) is 10.1. The average Bonchev–Trinajstić information content (AvgIpc) is 3.14. The lowest BCUT2D eigenvalue weighted by atomic mass is 10.1. The Morgan fingerprint density at radius 2 is 1.72 bits per heavy atom. The van der Waals surface area contributed by atoms with Crippen molar-refractivity contribution in [2.75, 3.05) is 5.73 Å². The van der Waals surface area contributed by atoms with Gasteiger partial charge in [0.05, 0.1) is 42.9 Å². The van der Waals surface area contributed by atoms with Crippen LogP contribution in [-0.4, -0.2) is 18.6 Å². The second kappa shape index (κ2) is 7.54. The highest BCUT2D eigenvalue weighted by molar-refractivity contribution is 6.37. The summed E-state index contributed by atoms with van der Waals surface area (Å²) < 4.78 is 3.90. The maximum atomic E-state index is 13.2. The Labute approximate surface area is 191 Å². The lowest BCUT2D eigenvalue weighted by molar-refractivity contribution is -0.385. The minimum Gasteiger partial charge on any atom is -0.397 e. The molecule has 2 N–H and O–H groups in total. The van der Waals surface area contributed by atoms with Crippen LogP contribution in [0.15, 0.2) is 46.1 Å². The molecule has 9 nitrogen and oxygen atoms in total. The fraction of sp³-hybridized carbons (Fsp3) is 0.143. The molecule has 0 saturated carbocycles. The zero-order valence-electron chi connectivity index (χ0n) is 17.2. The molecule has 0 spiro atoms. The molecule has 0 amide bonds. The standard InChI is InChI=1S/C21H17Cl2N5O4/c1-10-4-5-11(6-15(10)28(31)32)19-18-17(25(2)21(30)26(3)20(18)29)9-27(19)16-8-14(24)12(22)7-13(16)23/h4-9H,24H2,1-3H3. The largest absolute Gasteiger partial charge is 0.397 e. The van der Waals surface area contributed by atoms with E-state index in [1.165, 1.54) is 36.9 Å². The molecule has 11 heteroatoms. The first kappa shape index (κ1) is 21.7. The smallest absolute Gasteiger partial charge is 0.330 e. The molecule has 2 heterocycles. The highest BCUT2D eigenvalue weighted by Crippen LogP contribution is 2.37. The SMILES string of the molecule is Cc1ccc(-c2c3c(=O)n(C)c(=O)n(C)c3cn2-c2cc(N)c(Cl)cc2Cl)cc1[N+](=O)[O-]. The number of rotatable bonds is 3. The summed E-state index contributed by atoms with van der Waals surface area (Å²) in [7, 11) is 2.91. The topological polar surface area (TPSA) is 118 Å². The van der Waals surface area contributed by atoms with Gasteiger partial charge in [0.1, 0.15) is 0 Å². The van der Waals surface area contributed by atoms with Gasteiger partial charge in [-0.1, -0.05) is 35.3 Å². The Morgan fingerprint density at radius 1 is 1.03 bits per heavy atom. The van der Waals surface area contributed by atoms with E-state index in [4.69, 9.17) is 28.9 Å². The van der Waals surface area contributed by atoms with E-state index in [0.29, 0.717) is 28.0 Å². The van der Waals surface area contributed by atoms with Crippen LogP contribution in [0.4, 0.5) is 11.4 Å². The van der Waals surface area contributed by atoms with E-state index in [-0.39, 0.29) is 26.8 Å².